The highest BCUT2D eigenvalue weighted by Crippen LogP contribution is 2.23. The molecule has 0 radical (unpaired) electrons. The maximum atomic E-state index is 12.0. The number of amides is 3. The van der Waals surface area contributed by atoms with Crippen molar-refractivity contribution in [2.45, 2.75) is 19.8 Å². The number of halogens is 2. The van der Waals surface area contributed by atoms with Crippen molar-refractivity contribution < 1.29 is 19.1 Å². The maximum absolute atomic E-state index is 12.0. The van der Waals surface area contributed by atoms with Crippen LogP contribution in [-0.2, 0) is 14.4 Å². The Morgan fingerprint density at radius 2 is 1.58 bits per heavy atom. The van der Waals surface area contributed by atoms with Gasteiger partial charge in [-0.15, -0.1) is 0 Å². The Kier molecular flexibility index (Phi) is 9.51. The molecule has 0 atom stereocenters. The van der Waals surface area contributed by atoms with Gasteiger partial charge >= 0.3 is 0 Å². The third-order valence-electron chi connectivity index (χ3n) is 3.88. The predicted octanol–water partition coefficient (Wildman–Crippen LogP) is 3.12. The van der Waals surface area contributed by atoms with Gasteiger partial charge in [0.25, 0.3) is 5.91 Å². The summed E-state index contributed by atoms with van der Waals surface area (Å²) in [7, 11) is 0. The number of para-hydroxylation sites is 1. The van der Waals surface area contributed by atoms with Crippen LogP contribution in [0.3, 0.4) is 0 Å². The molecule has 31 heavy (non-hydrogen) atoms. The molecule has 0 fully saturated rings. The highest BCUT2D eigenvalue weighted by molar-refractivity contribution is 7.80. The molecule has 0 aliphatic carbocycles. The largest absolute Gasteiger partial charge is 0.482 e. The predicted molar refractivity (Wildman–Crippen MR) is 123 cm³/mol. The summed E-state index contributed by atoms with van der Waals surface area (Å²) in [5, 5.41) is 5.82. The number of hydrogen-bond donors (Lipinski definition) is 4. The molecule has 0 aliphatic rings. The van der Waals surface area contributed by atoms with Gasteiger partial charge in [0.2, 0.25) is 11.8 Å². The van der Waals surface area contributed by atoms with Gasteiger partial charge in [0.05, 0.1) is 5.02 Å². The number of benzene rings is 2. The molecule has 0 unspecified atom stereocenters. The normalized spacial score (nSPS) is 10.0. The number of ether oxygens (including phenoxy) is 1. The average Bonchev–Trinajstić information content (AvgIpc) is 2.73. The summed E-state index contributed by atoms with van der Waals surface area (Å²) in [6, 6.07) is 11.9. The molecule has 0 aliphatic heterocycles. The van der Waals surface area contributed by atoms with E-state index in [9.17, 15) is 14.4 Å². The maximum Gasteiger partial charge on any atom is 0.264 e. The smallest absolute Gasteiger partial charge is 0.264 e. The van der Waals surface area contributed by atoms with Crippen LogP contribution in [-0.4, -0.2) is 29.4 Å². The van der Waals surface area contributed by atoms with Crippen LogP contribution >= 0.6 is 35.4 Å². The van der Waals surface area contributed by atoms with Gasteiger partial charge in [-0.2, -0.15) is 0 Å². The standard InChI is InChI=1S/C20H20Cl2N4O4S/c1-12-13(21)6-4-7-15(12)23-17(27)9-10-18(28)25-26-20(31)24-19(29)11-30-16-8-3-2-5-14(16)22/h2-8H,9-11H2,1H3,(H,23,27)(H,25,28)(H2,24,26,29,31). The SMILES string of the molecule is Cc1c(Cl)cccc1NC(=O)CCC(=O)NNC(=S)NC(=O)COc1ccccc1Cl. The third kappa shape index (κ3) is 8.41. The number of anilines is 1. The summed E-state index contributed by atoms with van der Waals surface area (Å²) >= 11 is 16.9. The van der Waals surface area contributed by atoms with E-state index < -0.39 is 11.8 Å². The molecule has 3 amide bonds. The van der Waals surface area contributed by atoms with Crippen LogP contribution < -0.4 is 26.2 Å². The van der Waals surface area contributed by atoms with Crippen LogP contribution in [0.25, 0.3) is 0 Å². The highest BCUT2D eigenvalue weighted by atomic mass is 35.5. The zero-order chi connectivity index (χ0) is 22.8. The Morgan fingerprint density at radius 1 is 0.903 bits per heavy atom. The van der Waals surface area contributed by atoms with Gasteiger partial charge in [-0.1, -0.05) is 41.4 Å². The highest BCUT2D eigenvalue weighted by Gasteiger charge is 2.11. The third-order valence-corrected chi connectivity index (χ3v) is 4.81. The lowest BCUT2D eigenvalue weighted by Gasteiger charge is -2.12. The molecule has 11 heteroatoms. The molecule has 0 saturated carbocycles. The van der Waals surface area contributed by atoms with Gasteiger partial charge in [0, 0.05) is 23.6 Å². The van der Waals surface area contributed by atoms with Crippen molar-refractivity contribution in [1.82, 2.24) is 16.2 Å². The van der Waals surface area contributed by atoms with Crippen LogP contribution in [0.4, 0.5) is 5.69 Å². The van der Waals surface area contributed by atoms with E-state index in [2.05, 4.69) is 21.5 Å². The van der Waals surface area contributed by atoms with E-state index >= 15 is 0 Å². The summed E-state index contributed by atoms with van der Waals surface area (Å²) < 4.78 is 5.28. The molecular formula is C20H20Cl2N4O4S. The second-order valence-electron chi connectivity index (χ2n) is 6.23. The van der Waals surface area contributed by atoms with Gasteiger partial charge in [0.15, 0.2) is 11.7 Å². The van der Waals surface area contributed by atoms with Crippen LogP contribution in [0.15, 0.2) is 42.5 Å². The number of rotatable bonds is 7. The summed E-state index contributed by atoms with van der Waals surface area (Å²) in [6.07, 6.45) is -0.144. The minimum Gasteiger partial charge on any atom is -0.482 e. The van der Waals surface area contributed by atoms with E-state index in [4.69, 9.17) is 40.2 Å². The Morgan fingerprint density at radius 3 is 2.32 bits per heavy atom. The van der Waals surface area contributed by atoms with Crippen molar-refractivity contribution in [2.24, 2.45) is 0 Å². The van der Waals surface area contributed by atoms with Gasteiger partial charge < -0.3 is 10.1 Å². The fraction of sp³-hybridized carbons (Fsp3) is 0.200. The fourth-order valence-corrected chi connectivity index (χ4v) is 2.80. The van der Waals surface area contributed by atoms with Gasteiger partial charge in [-0.05, 0) is 49.0 Å². The molecule has 0 aromatic heterocycles. The summed E-state index contributed by atoms with van der Waals surface area (Å²) in [5.74, 6) is -1.00. The minimum absolute atomic E-state index is 0.0513. The molecule has 0 heterocycles. The molecule has 164 valence electrons. The van der Waals surface area contributed by atoms with E-state index in [1.54, 1.807) is 49.4 Å². The lowest BCUT2D eigenvalue weighted by atomic mass is 10.2. The van der Waals surface area contributed by atoms with Crippen molar-refractivity contribution in [1.29, 1.82) is 0 Å². The van der Waals surface area contributed by atoms with Crippen LogP contribution in [0.2, 0.25) is 10.0 Å². The Balaban J connectivity index is 1.65. The van der Waals surface area contributed by atoms with Gasteiger partial charge in [0.1, 0.15) is 5.75 Å². The molecule has 8 nitrogen and oxygen atoms in total. The van der Waals surface area contributed by atoms with Crippen LogP contribution in [0.1, 0.15) is 18.4 Å². The Labute approximate surface area is 194 Å². The van der Waals surface area contributed by atoms with Crippen LogP contribution in [0, 0.1) is 6.92 Å². The van der Waals surface area contributed by atoms with E-state index in [-0.39, 0.29) is 30.5 Å². The molecule has 2 rings (SSSR count). The van der Waals surface area contributed by atoms with Crippen molar-refractivity contribution >= 4 is 63.9 Å². The molecule has 0 saturated heterocycles. The Hall–Kier alpha value is -2.88. The molecule has 0 spiro atoms. The van der Waals surface area contributed by atoms with Crippen molar-refractivity contribution in [3.63, 3.8) is 0 Å². The van der Waals surface area contributed by atoms with Crippen molar-refractivity contribution in [2.75, 3.05) is 11.9 Å². The number of carbonyl (C=O) groups is 3. The monoisotopic (exact) mass is 482 g/mol. The van der Waals surface area contributed by atoms with E-state index in [1.807, 2.05) is 0 Å². The zero-order valence-electron chi connectivity index (χ0n) is 16.5. The molecule has 2 aromatic rings. The van der Waals surface area contributed by atoms with Gasteiger partial charge in [-0.25, -0.2) is 0 Å². The summed E-state index contributed by atoms with van der Waals surface area (Å²) in [5.41, 5.74) is 6.01. The van der Waals surface area contributed by atoms with E-state index in [0.29, 0.717) is 21.5 Å². The number of carbonyl (C=O) groups excluding carboxylic acids is 3. The van der Waals surface area contributed by atoms with E-state index in [0.717, 1.165) is 5.56 Å². The van der Waals surface area contributed by atoms with Crippen molar-refractivity contribution in [3.8, 4) is 5.75 Å². The molecular weight excluding hydrogens is 463 g/mol. The lowest BCUT2D eigenvalue weighted by molar-refractivity contribution is -0.125. The second-order valence-corrected chi connectivity index (χ2v) is 7.45. The fourth-order valence-electron chi connectivity index (χ4n) is 2.27. The van der Waals surface area contributed by atoms with Gasteiger partial charge in [-0.3, -0.25) is 30.6 Å². The first-order chi connectivity index (χ1) is 14.8. The first-order valence-corrected chi connectivity index (χ1v) is 10.2. The first-order valence-electron chi connectivity index (χ1n) is 9.07. The quantitative estimate of drug-likeness (QED) is 0.356. The van der Waals surface area contributed by atoms with E-state index in [1.165, 1.54) is 0 Å². The number of hydrogen-bond acceptors (Lipinski definition) is 5. The summed E-state index contributed by atoms with van der Waals surface area (Å²) in [6.45, 7) is 1.46. The number of hydrazine groups is 1. The molecule has 4 N–H and O–H groups in total. The lowest BCUT2D eigenvalue weighted by Crippen LogP contribution is -2.49. The van der Waals surface area contributed by atoms with Crippen LogP contribution in [0.5, 0.6) is 5.75 Å². The van der Waals surface area contributed by atoms with Crippen molar-refractivity contribution in [3.05, 3.63) is 58.1 Å². The Bertz CT molecular complexity index is 987. The number of thiocarbonyl (C=S) groups is 1. The second kappa shape index (κ2) is 12.1. The zero-order valence-corrected chi connectivity index (χ0v) is 18.8. The summed E-state index contributed by atoms with van der Waals surface area (Å²) in [4.78, 5) is 35.7. The first kappa shape index (κ1) is 24.4. The molecule has 0 bridgehead atoms. The number of nitrogens with one attached hydrogen (secondary N) is 4. The minimum atomic E-state index is -0.539. The topological polar surface area (TPSA) is 109 Å². The molecule has 2 aromatic carbocycles. The average molecular weight is 483 g/mol.